The van der Waals surface area contributed by atoms with Gasteiger partial charge in [0, 0.05) is 24.4 Å². The van der Waals surface area contributed by atoms with E-state index >= 15 is 0 Å². The van der Waals surface area contributed by atoms with Crippen LogP contribution in [-0.4, -0.2) is 43.1 Å². The predicted octanol–water partition coefficient (Wildman–Crippen LogP) is 3.84. The van der Waals surface area contributed by atoms with Gasteiger partial charge in [-0.3, -0.25) is 4.99 Å². The molecule has 0 aliphatic carbocycles. The highest BCUT2D eigenvalue weighted by Crippen LogP contribution is 2.26. The van der Waals surface area contributed by atoms with Crippen molar-refractivity contribution in [3.63, 3.8) is 0 Å². The van der Waals surface area contributed by atoms with Gasteiger partial charge in [0.2, 0.25) is 0 Å². The lowest BCUT2D eigenvalue weighted by Gasteiger charge is -2.26. The Bertz CT molecular complexity index is 739. The molecule has 0 unspecified atom stereocenters. The van der Waals surface area contributed by atoms with Crippen LogP contribution in [0.5, 0.6) is 5.75 Å². The second-order valence-corrected chi connectivity index (χ2v) is 8.06. The van der Waals surface area contributed by atoms with Gasteiger partial charge >= 0.3 is 0 Å². The summed E-state index contributed by atoms with van der Waals surface area (Å²) < 4.78 is 5.36. The molecule has 1 aromatic heterocycles. The average molecular weight is 375 g/mol. The fraction of sp³-hybridized carbons (Fsp3) is 0.500. The van der Waals surface area contributed by atoms with E-state index in [1.165, 1.54) is 5.56 Å². The molecule has 0 saturated heterocycles. The number of methoxy groups -OCH3 is 1. The van der Waals surface area contributed by atoms with E-state index in [9.17, 15) is 0 Å². The lowest BCUT2D eigenvalue weighted by Crippen LogP contribution is -2.39. The number of nitrogens with zero attached hydrogens (tertiary/aromatic N) is 3. The summed E-state index contributed by atoms with van der Waals surface area (Å²) in [5.74, 6) is 1.77. The van der Waals surface area contributed by atoms with Crippen molar-refractivity contribution in [2.24, 2.45) is 4.99 Å². The Morgan fingerprint density at radius 3 is 2.77 bits per heavy atom. The summed E-state index contributed by atoms with van der Waals surface area (Å²) in [4.78, 5) is 11.6. The number of aliphatic imine (C=N–C) groups is 1. The predicted molar refractivity (Wildman–Crippen MR) is 110 cm³/mol. The number of rotatable bonds is 7. The first kappa shape index (κ1) is 20.2. The third kappa shape index (κ3) is 5.46. The van der Waals surface area contributed by atoms with Crippen LogP contribution in [0.2, 0.25) is 0 Å². The van der Waals surface area contributed by atoms with Gasteiger partial charge in [-0.25, -0.2) is 4.98 Å². The number of hydrogen-bond acceptors (Lipinski definition) is 4. The molecule has 0 aliphatic rings. The third-order valence-electron chi connectivity index (χ3n) is 4.24. The molecule has 6 heteroatoms. The number of ether oxygens (including phenoxy) is 1. The molecule has 5 nitrogen and oxygen atoms in total. The number of thiazole rings is 1. The van der Waals surface area contributed by atoms with E-state index in [2.05, 4.69) is 60.5 Å². The monoisotopic (exact) mass is 374 g/mol. The van der Waals surface area contributed by atoms with Crippen LogP contribution in [-0.2, 0) is 12.0 Å². The molecule has 2 aromatic rings. The topological polar surface area (TPSA) is 49.8 Å². The highest BCUT2D eigenvalue weighted by atomic mass is 32.1. The van der Waals surface area contributed by atoms with Crippen LogP contribution in [0.4, 0.5) is 0 Å². The second kappa shape index (κ2) is 9.03. The summed E-state index contributed by atoms with van der Waals surface area (Å²) >= 11 is 1.68. The molecule has 0 atom stereocenters. The van der Waals surface area contributed by atoms with Crippen LogP contribution in [0.15, 0.2) is 34.6 Å². The highest BCUT2D eigenvalue weighted by Gasteiger charge is 2.21. The van der Waals surface area contributed by atoms with Gasteiger partial charge in [0.25, 0.3) is 0 Å². The van der Waals surface area contributed by atoms with Crippen LogP contribution in [0, 0.1) is 6.92 Å². The van der Waals surface area contributed by atoms with Crippen molar-refractivity contribution in [2.45, 2.75) is 39.7 Å². The van der Waals surface area contributed by atoms with Gasteiger partial charge in [0.1, 0.15) is 5.75 Å². The average Bonchev–Trinajstić information content (AvgIpc) is 3.03. The molecular weight excluding hydrogens is 344 g/mol. The van der Waals surface area contributed by atoms with Crippen molar-refractivity contribution in [3.8, 4) is 5.75 Å². The molecule has 2 rings (SSSR count). The molecule has 0 radical (unpaired) electrons. The van der Waals surface area contributed by atoms with Crippen molar-refractivity contribution in [3.05, 3.63) is 45.9 Å². The summed E-state index contributed by atoms with van der Waals surface area (Å²) in [6.45, 7) is 10.8. The second-order valence-electron chi connectivity index (χ2n) is 7.00. The molecule has 26 heavy (non-hydrogen) atoms. The first-order valence-electron chi connectivity index (χ1n) is 8.90. The van der Waals surface area contributed by atoms with Crippen molar-refractivity contribution >= 4 is 17.3 Å². The molecule has 0 aliphatic heterocycles. The molecule has 1 N–H and O–H groups in total. The number of guanidine groups is 1. The lowest BCUT2D eigenvalue weighted by atomic mass is 9.84. The molecule has 0 spiro atoms. The Balaban J connectivity index is 2.13. The Labute approximate surface area is 161 Å². The zero-order valence-electron chi connectivity index (χ0n) is 16.7. The number of aryl methyl sites for hydroxylation is 1. The minimum absolute atomic E-state index is 0.0900. The largest absolute Gasteiger partial charge is 0.497 e. The molecule has 0 bridgehead atoms. The Morgan fingerprint density at radius 2 is 2.15 bits per heavy atom. The normalized spacial score (nSPS) is 12.2. The van der Waals surface area contributed by atoms with Crippen LogP contribution in [0.25, 0.3) is 0 Å². The highest BCUT2D eigenvalue weighted by molar-refractivity contribution is 7.09. The minimum Gasteiger partial charge on any atom is -0.497 e. The number of nitrogens with one attached hydrogen (secondary N) is 1. The summed E-state index contributed by atoms with van der Waals surface area (Å²) in [6, 6.07) is 8.22. The van der Waals surface area contributed by atoms with E-state index in [0.717, 1.165) is 35.5 Å². The molecule has 142 valence electrons. The van der Waals surface area contributed by atoms with Crippen molar-refractivity contribution < 1.29 is 4.74 Å². The van der Waals surface area contributed by atoms with Gasteiger partial charge in [-0.1, -0.05) is 26.0 Å². The van der Waals surface area contributed by atoms with E-state index in [1.807, 2.05) is 19.1 Å². The van der Waals surface area contributed by atoms with Gasteiger partial charge in [-0.2, -0.15) is 0 Å². The maximum absolute atomic E-state index is 5.36. The van der Waals surface area contributed by atoms with Gasteiger partial charge in [-0.05, 0) is 31.5 Å². The standard InChI is InChI=1S/C20H30N4OS/c1-7-21-19(24(5)12-17-13-26-15(2)23-17)22-14-20(3,4)16-9-8-10-18(11-16)25-6/h8-11,13H,7,12,14H2,1-6H3,(H,21,22). The SMILES string of the molecule is CCNC(=NCC(C)(C)c1cccc(OC)c1)N(C)Cc1csc(C)n1. The molecule has 0 saturated carbocycles. The first-order valence-corrected chi connectivity index (χ1v) is 9.78. The fourth-order valence-electron chi connectivity index (χ4n) is 2.68. The van der Waals surface area contributed by atoms with Crippen LogP contribution < -0.4 is 10.1 Å². The summed E-state index contributed by atoms with van der Waals surface area (Å²) in [6.07, 6.45) is 0. The smallest absolute Gasteiger partial charge is 0.194 e. The minimum atomic E-state index is -0.0900. The number of aromatic nitrogens is 1. The van der Waals surface area contributed by atoms with Crippen molar-refractivity contribution in [1.29, 1.82) is 0 Å². The van der Waals surface area contributed by atoms with Crippen LogP contribution in [0.3, 0.4) is 0 Å². The van der Waals surface area contributed by atoms with E-state index in [-0.39, 0.29) is 5.41 Å². The molecule has 1 heterocycles. The van der Waals surface area contributed by atoms with Crippen molar-refractivity contribution in [1.82, 2.24) is 15.2 Å². The van der Waals surface area contributed by atoms with E-state index in [4.69, 9.17) is 9.73 Å². The molecule has 0 amide bonds. The molecular formula is C20H30N4OS. The van der Waals surface area contributed by atoms with Gasteiger partial charge in [0.15, 0.2) is 5.96 Å². The Kier molecular flexibility index (Phi) is 7.03. The number of benzene rings is 1. The van der Waals surface area contributed by atoms with Crippen LogP contribution in [0.1, 0.15) is 37.0 Å². The first-order chi connectivity index (χ1) is 12.4. The maximum atomic E-state index is 5.36. The van der Waals surface area contributed by atoms with Crippen molar-refractivity contribution in [2.75, 3.05) is 27.2 Å². The van der Waals surface area contributed by atoms with E-state index in [1.54, 1.807) is 18.4 Å². The zero-order chi connectivity index (χ0) is 19.2. The summed E-state index contributed by atoms with van der Waals surface area (Å²) in [5, 5.41) is 6.58. The molecule has 0 fully saturated rings. The summed E-state index contributed by atoms with van der Waals surface area (Å²) in [5.41, 5.74) is 2.20. The van der Waals surface area contributed by atoms with E-state index in [0.29, 0.717) is 6.54 Å². The number of hydrogen-bond donors (Lipinski definition) is 1. The quantitative estimate of drug-likeness (QED) is 0.591. The zero-order valence-corrected chi connectivity index (χ0v) is 17.5. The Hall–Kier alpha value is -2.08. The maximum Gasteiger partial charge on any atom is 0.194 e. The summed E-state index contributed by atoms with van der Waals surface area (Å²) in [7, 11) is 3.75. The van der Waals surface area contributed by atoms with Gasteiger partial charge < -0.3 is 15.0 Å². The van der Waals surface area contributed by atoms with Gasteiger partial charge in [-0.15, -0.1) is 11.3 Å². The van der Waals surface area contributed by atoms with Gasteiger partial charge in [0.05, 0.1) is 30.9 Å². The van der Waals surface area contributed by atoms with Crippen LogP contribution >= 0.6 is 11.3 Å². The fourth-order valence-corrected chi connectivity index (χ4v) is 3.28. The molecule has 1 aromatic carbocycles. The Morgan fingerprint density at radius 1 is 1.38 bits per heavy atom. The van der Waals surface area contributed by atoms with E-state index < -0.39 is 0 Å². The third-order valence-corrected chi connectivity index (χ3v) is 5.06. The lowest BCUT2D eigenvalue weighted by molar-refractivity contribution is 0.412.